The minimum absolute atomic E-state index is 0.519. The summed E-state index contributed by atoms with van der Waals surface area (Å²) in [6, 6.07) is 0. The van der Waals surface area contributed by atoms with Gasteiger partial charge in [0.2, 0.25) is 0 Å². The Morgan fingerprint density at radius 2 is 2.45 bits per heavy atom. The molecule has 0 aromatic carbocycles. The molecule has 0 bridgehead atoms. The zero-order chi connectivity index (χ0) is 8.27. The molecule has 1 rings (SSSR count). The first-order valence-electron chi connectivity index (χ1n) is 3.58. The standard InChI is InChI=1S/C7H13N3O/c1-3-10-4-6(8)9-7(10)5-11-2/h4H,3,5,8H2,1-2H3. The number of nitrogens with two attached hydrogens (primary N) is 1. The average molecular weight is 155 g/mol. The maximum absolute atomic E-state index is 5.50. The van der Waals surface area contributed by atoms with Crippen LogP contribution < -0.4 is 5.73 Å². The van der Waals surface area contributed by atoms with E-state index in [-0.39, 0.29) is 0 Å². The Bertz CT molecular complexity index is 232. The SMILES string of the molecule is CCn1cc(N)nc1COC. The number of imidazole rings is 1. The van der Waals surface area contributed by atoms with Crippen LogP contribution in [-0.4, -0.2) is 16.7 Å². The van der Waals surface area contributed by atoms with Crippen molar-refractivity contribution in [1.82, 2.24) is 9.55 Å². The monoisotopic (exact) mass is 155 g/mol. The van der Waals surface area contributed by atoms with Crippen LogP contribution in [0.4, 0.5) is 5.82 Å². The zero-order valence-electron chi connectivity index (χ0n) is 6.87. The molecule has 0 unspecified atom stereocenters. The number of nitrogen functional groups attached to an aromatic ring is 1. The number of rotatable bonds is 3. The van der Waals surface area contributed by atoms with E-state index in [4.69, 9.17) is 10.5 Å². The highest BCUT2D eigenvalue weighted by Gasteiger charge is 2.02. The van der Waals surface area contributed by atoms with Crippen molar-refractivity contribution in [2.45, 2.75) is 20.1 Å². The van der Waals surface area contributed by atoms with Crippen molar-refractivity contribution in [2.75, 3.05) is 12.8 Å². The van der Waals surface area contributed by atoms with E-state index in [1.807, 2.05) is 17.7 Å². The molecule has 0 amide bonds. The van der Waals surface area contributed by atoms with E-state index in [0.717, 1.165) is 12.4 Å². The predicted molar refractivity (Wildman–Crippen MR) is 43.0 cm³/mol. The Balaban J connectivity index is 2.83. The van der Waals surface area contributed by atoms with Crippen molar-refractivity contribution in [1.29, 1.82) is 0 Å². The lowest BCUT2D eigenvalue weighted by atomic mass is 10.6. The van der Waals surface area contributed by atoms with Gasteiger partial charge in [0.15, 0.2) is 0 Å². The second-order valence-corrected chi connectivity index (χ2v) is 2.30. The molecule has 11 heavy (non-hydrogen) atoms. The van der Waals surface area contributed by atoms with E-state index in [1.54, 1.807) is 7.11 Å². The van der Waals surface area contributed by atoms with E-state index in [1.165, 1.54) is 0 Å². The van der Waals surface area contributed by atoms with Gasteiger partial charge < -0.3 is 15.0 Å². The summed E-state index contributed by atoms with van der Waals surface area (Å²) in [5.41, 5.74) is 5.50. The highest BCUT2D eigenvalue weighted by molar-refractivity contribution is 5.25. The molecule has 0 spiro atoms. The summed E-state index contributed by atoms with van der Waals surface area (Å²) >= 11 is 0. The molecule has 1 heterocycles. The minimum atomic E-state index is 0.519. The van der Waals surface area contributed by atoms with Crippen molar-refractivity contribution in [3.8, 4) is 0 Å². The van der Waals surface area contributed by atoms with Crippen molar-refractivity contribution < 1.29 is 4.74 Å². The Morgan fingerprint density at radius 1 is 1.73 bits per heavy atom. The van der Waals surface area contributed by atoms with Gasteiger partial charge in [-0.2, -0.15) is 0 Å². The molecule has 1 aromatic rings. The summed E-state index contributed by atoms with van der Waals surface area (Å²) in [5.74, 6) is 1.44. The van der Waals surface area contributed by atoms with Gasteiger partial charge in [0.1, 0.15) is 18.2 Å². The van der Waals surface area contributed by atoms with Gasteiger partial charge in [-0.15, -0.1) is 0 Å². The quantitative estimate of drug-likeness (QED) is 0.696. The van der Waals surface area contributed by atoms with Gasteiger partial charge in [-0.3, -0.25) is 0 Å². The van der Waals surface area contributed by atoms with Crippen LogP contribution in [0.15, 0.2) is 6.20 Å². The topological polar surface area (TPSA) is 53.1 Å². The van der Waals surface area contributed by atoms with Gasteiger partial charge in [0.05, 0.1) is 0 Å². The van der Waals surface area contributed by atoms with E-state index in [2.05, 4.69) is 4.98 Å². The normalized spacial score (nSPS) is 10.4. The van der Waals surface area contributed by atoms with Gasteiger partial charge >= 0.3 is 0 Å². The predicted octanol–water partition coefficient (Wildman–Crippen LogP) is 0.632. The molecule has 0 saturated heterocycles. The fourth-order valence-electron chi connectivity index (χ4n) is 0.994. The van der Waals surface area contributed by atoms with Gasteiger partial charge in [0.25, 0.3) is 0 Å². The van der Waals surface area contributed by atoms with E-state index in [0.29, 0.717) is 12.4 Å². The Morgan fingerprint density at radius 3 is 3.00 bits per heavy atom. The number of aryl methyl sites for hydroxylation is 1. The fraction of sp³-hybridized carbons (Fsp3) is 0.571. The second-order valence-electron chi connectivity index (χ2n) is 2.30. The summed E-state index contributed by atoms with van der Waals surface area (Å²) in [5, 5.41) is 0. The van der Waals surface area contributed by atoms with Crippen LogP contribution in [0.3, 0.4) is 0 Å². The van der Waals surface area contributed by atoms with Crippen molar-refractivity contribution in [3.05, 3.63) is 12.0 Å². The van der Waals surface area contributed by atoms with E-state index < -0.39 is 0 Å². The van der Waals surface area contributed by atoms with E-state index >= 15 is 0 Å². The van der Waals surface area contributed by atoms with E-state index in [9.17, 15) is 0 Å². The van der Waals surface area contributed by atoms with Crippen molar-refractivity contribution >= 4 is 5.82 Å². The number of aromatic nitrogens is 2. The maximum atomic E-state index is 5.50. The molecule has 0 fully saturated rings. The summed E-state index contributed by atoms with van der Waals surface area (Å²) in [6.45, 7) is 3.44. The molecule has 4 nitrogen and oxygen atoms in total. The Hall–Kier alpha value is -1.03. The third-order valence-corrected chi connectivity index (χ3v) is 1.49. The van der Waals surface area contributed by atoms with Crippen LogP contribution in [0.2, 0.25) is 0 Å². The summed E-state index contributed by atoms with van der Waals surface area (Å²) in [4.78, 5) is 4.09. The highest BCUT2D eigenvalue weighted by Crippen LogP contribution is 2.05. The first kappa shape index (κ1) is 8.07. The molecule has 0 saturated carbocycles. The smallest absolute Gasteiger partial charge is 0.142 e. The first-order chi connectivity index (χ1) is 5.27. The van der Waals surface area contributed by atoms with Gasteiger partial charge in [-0.1, -0.05) is 0 Å². The molecule has 4 heteroatoms. The molecule has 1 aromatic heterocycles. The van der Waals surface area contributed by atoms with Gasteiger partial charge in [0, 0.05) is 19.9 Å². The summed E-state index contributed by atoms with van der Waals surface area (Å²) in [7, 11) is 1.64. The van der Waals surface area contributed by atoms with Crippen LogP contribution in [0, 0.1) is 0 Å². The van der Waals surface area contributed by atoms with Gasteiger partial charge in [-0.25, -0.2) is 4.98 Å². The average Bonchev–Trinajstić information content (AvgIpc) is 2.32. The van der Waals surface area contributed by atoms with Crippen LogP contribution in [-0.2, 0) is 17.9 Å². The molecule has 0 atom stereocenters. The lowest BCUT2D eigenvalue weighted by Gasteiger charge is -2.01. The zero-order valence-corrected chi connectivity index (χ0v) is 6.87. The van der Waals surface area contributed by atoms with Crippen molar-refractivity contribution in [3.63, 3.8) is 0 Å². The van der Waals surface area contributed by atoms with Crippen LogP contribution in [0.5, 0.6) is 0 Å². The highest BCUT2D eigenvalue weighted by atomic mass is 16.5. The van der Waals surface area contributed by atoms with Crippen LogP contribution in [0.25, 0.3) is 0 Å². The largest absolute Gasteiger partial charge is 0.382 e. The Labute approximate surface area is 66.0 Å². The molecular formula is C7H13N3O. The van der Waals surface area contributed by atoms with Crippen molar-refractivity contribution in [2.24, 2.45) is 0 Å². The number of hydrogen-bond donors (Lipinski definition) is 1. The molecule has 62 valence electrons. The first-order valence-corrected chi connectivity index (χ1v) is 3.58. The lowest BCUT2D eigenvalue weighted by Crippen LogP contribution is -2.01. The number of anilines is 1. The number of ether oxygens (including phenoxy) is 1. The maximum Gasteiger partial charge on any atom is 0.142 e. The van der Waals surface area contributed by atoms with Crippen LogP contribution >= 0.6 is 0 Å². The second kappa shape index (κ2) is 3.39. The summed E-state index contributed by atoms with van der Waals surface area (Å²) < 4.78 is 6.92. The number of methoxy groups -OCH3 is 1. The lowest BCUT2D eigenvalue weighted by molar-refractivity contribution is 0.174. The molecule has 0 aliphatic heterocycles. The number of nitrogens with zero attached hydrogens (tertiary/aromatic N) is 2. The molecule has 0 radical (unpaired) electrons. The molecule has 0 aliphatic carbocycles. The third kappa shape index (κ3) is 1.71. The van der Waals surface area contributed by atoms with Crippen LogP contribution in [0.1, 0.15) is 12.7 Å². The number of hydrogen-bond acceptors (Lipinski definition) is 3. The third-order valence-electron chi connectivity index (χ3n) is 1.49. The molecular weight excluding hydrogens is 142 g/mol. The summed E-state index contributed by atoms with van der Waals surface area (Å²) in [6.07, 6.45) is 1.81. The van der Waals surface area contributed by atoms with Gasteiger partial charge in [-0.05, 0) is 6.92 Å². The fourth-order valence-corrected chi connectivity index (χ4v) is 0.994. The Kier molecular flexibility index (Phi) is 2.48. The minimum Gasteiger partial charge on any atom is -0.382 e. The molecule has 2 N–H and O–H groups in total. The molecule has 0 aliphatic rings.